The number of rotatable bonds is 4. The lowest BCUT2D eigenvalue weighted by atomic mass is 10.1. The minimum absolute atomic E-state index is 0.199. The molecular weight excluding hydrogens is 366 g/mol. The van der Waals surface area contributed by atoms with Gasteiger partial charge in [0.05, 0.1) is 5.56 Å². The van der Waals surface area contributed by atoms with Crippen molar-refractivity contribution in [3.8, 4) is 0 Å². The molecule has 1 aliphatic rings. The first kappa shape index (κ1) is 19.0. The molecule has 0 atom stereocenters. The zero-order chi connectivity index (χ0) is 19.4. The largest absolute Gasteiger partial charge is 0.452 e. The highest BCUT2D eigenvalue weighted by molar-refractivity contribution is 6.30. The Bertz CT molecular complexity index is 848. The summed E-state index contributed by atoms with van der Waals surface area (Å²) in [5, 5.41) is 0.697. The Morgan fingerprint density at radius 3 is 2.56 bits per heavy atom. The second-order valence-electron chi connectivity index (χ2n) is 6.50. The molecule has 0 spiro atoms. The van der Waals surface area contributed by atoms with Crippen LogP contribution >= 0.6 is 11.6 Å². The molecular formula is C20H22ClN3O3. The van der Waals surface area contributed by atoms with Crippen LogP contribution in [0.2, 0.25) is 5.02 Å². The van der Waals surface area contributed by atoms with E-state index in [9.17, 15) is 9.59 Å². The van der Waals surface area contributed by atoms with Gasteiger partial charge in [0.25, 0.3) is 5.91 Å². The molecule has 142 valence electrons. The van der Waals surface area contributed by atoms with Crippen molar-refractivity contribution in [2.75, 3.05) is 43.4 Å². The van der Waals surface area contributed by atoms with E-state index < -0.39 is 5.97 Å². The third-order valence-corrected chi connectivity index (χ3v) is 4.83. The van der Waals surface area contributed by atoms with Crippen LogP contribution in [0.1, 0.15) is 15.9 Å². The van der Waals surface area contributed by atoms with Crippen molar-refractivity contribution < 1.29 is 14.3 Å². The van der Waals surface area contributed by atoms with Crippen LogP contribution in [0, 0.1) is 6.92 Å². The molecule has 27 heavy (non-hydrogen) atoms. The van der Waals surface area contributed by atoms with Crippen LogP contribution in [-0.2, 0) is 9.53 Å². The van der Waals surface area contributed by atoms with Gasteiger partial charge in [0.1, 0.15) is 0 Å². The lowest BCUT2D eigenvalue weighted by molar-refractivity contribution is -0.134. The molecule has 1 aliphatic heterocycles. The number of ether oxygens (including phenoxy) is 1. The highest BCUT2D eigenvalue weighted by Gasteiger charge is 2.23. The average molecular weight is 388 g/mol. The summed E-state index contributed by atoms with van der Waals surface area (Å²) in [6.45, 7) is 4.32. The molecule has 6 nitrogen and oxygen atoms in total. The number of nitrogens with two attached hydrogens (primary N) is 1. The molecule has 1 saturated heterocycles. The van der Waals surface area contributed by atoms with Crippen molar-refractivity contribution in [2.45, 2.75) is 6.92 Å². The molecule has 7 heteroatoms. The summed E-state index contributed by atoms with van der Waals surface area (Å²) in [7, 11) is 0. The van der Waals surface area contributed by atoms with E-state index in [1.807, 2.05) is 25.1 Å². The molecule has 0 aliphatic carbocycles. The Balaban J connectivity index is 1.51. The van der Waals surface area contributed by atoms with Crippen molar-refractivity contribution in [1.29, 1.82) is 0 Å². The quantitative estimate of drug-likeness (QED) is 0.644. The van der Waals surface area contributed by atoms with Gasteiger partial charge in [-0.2, -0.15) is 0 Å². The number of halogens is 1. The number of nitrogen functional groups attached to an aromatic ring is 1. The van der Waals surface area contributed by atoms with E-state index in [4.69, 9.17) is 22.1 Å². The van der Waals surface area contributed by atoms with Gasteiger partial charge in [0.15, 0.2) is 6.61 Å². The first-order chi connectivity index (χ1) is 12.9. The number of carbonyl (C=O) groups is 2. The van der Waals surface area contributed by atoms with Crippen LogP contribution in [0.4, 0.5) is 11.4 Å². The molecule has 2 N–H and O–H groups in total. The van der Waals surface area contributed by atoms with E-state index in [0.29, 0.717) is 42.5 Å². The highest BCUT2D eigenvalue weighted by Crippen LogP contribution is 2.25. The Morgan fingerprint density at radius 2 is 1.85 bits per heavy atom. The number of amides is 1. The van der Waals surface area contributed by atoms with Gasteiger partial charge in [-0.15, -0.1) is 0 Å². The van der Waals surface area contributed by atoms with Crippen LogP contribution in [0.15, 0.2) is 42.5 Å². The first-order valence-electron chi connectivity index (χ1n) is 8.75. The summed E-state index contributed by atoms with van der Waals surface area (Å²) in [5.74, 6) is -0.751. The third-order valence-electron chi connectivity index (χ3n) is 4.59. The van der Waals surface area contributed by atoms with Crippen LogP contribution < -0.4 is 10.6 Å². The monoisotopic (exact) mass is 387 g/mol. The number of benzene rings is 2. The highest BCUT2D eigenvalue weighted by atomic mass is 35.5. The lowest BCUT2D eigenvalue weighted by Gasteiger charge is -2.36. The topological polar surface area (TPSA) is 75.9 Å². The fourth-order valence-electron chi connectivity index (χ4n) is 3.09. The van der Waals surface area contributed by atoms with Crippen LogP contribution in [0.25, 0.3) is 0 Å². The summed E-state index contributed by atoms with van der Waals surface area (Å²) in [4.78, 5) is 28.3. The fourth-order valence-corrected chi connectivity index (χ4v) is 3.25. The normalized spacial score (nSPS) is 14.1. The van der Waals surface area contributed by atoms with Crippen LogP contribution in [0.5, 0.6) is 0 Å². The molecule has 0 aromatic heterocycles. The van der Waals surface area contributed by atoms with Gasteiger partial charge in [-0.3, -0.25) is 4.79 Å². The summed E-state index contributed by atoms with van der Waals surface area (Å²) < 4.78 is 5.13. The first-order valence-corrected chi connectivity index (χ1v) is 9.13. The zero-order valence-electron chi connectivity index (χ0n) is 15.2. The Morgan fingerprint density at radius 1 is 1.11 bits per heavy atom. The Labute approximate surface area is 163 Å². The second-order valence-corrected chi connectivity index (χ2v) is 6.94. The molecule has 1 heterocycles. The van der Waals surface area contributed by atoms with E-state index in [1.54, 1.807) is 23.1 Å². The van der Waals surface area contributed by atoms with Gasteiger partial charge in [-0.05, 0) is 42.8 Å². The van der Waals surface area contributed by atoms with Crippen molar-refractivity contribution in [3.63, 3.8) is 0 Å². The molecule has 0 unspecified atom stereocenters. The second kappa shape index (κ2) is 8.31. The minimum Gasteiger partial charge on any atom is -0.452 e. The van der Waals surface area contributed by atoms with Gasteiger partial charge in [0, 0.05) is 42.6 Å². The van der Waals surface area contributed by atoms with Gasteiger partial charge in [0.2, 0.25) is 0 Å². The molecule has 0 saturated carbocycles. The van der Waals surface area contributed by atoms with Crippen molar-refractivity contribution in [3.05, 3.63) is 58.6 Å². The summed E-state index contributed by atoms with van der Waals surface area (Å²) >= 11 is 6.10. The standard InChI is InChI=1S/C20H22ClN3O3/c1-14-5-6-16(21)12-18(14)23-7-9-24(10-8-23)19(25)13-27-20(26)15-3-2-4-17(22)11-15/h2-6,11-12H,7-10,13,22H2,1H3. The van der Waals surface area contributed by atoms with Crippen LogP contribution in [-0.4, -0.2) is 49.6 Å². The number of aryl methyl sites for hydroxylation is 1. The van der Waals surface area contributed by atoms with E-state index in [0.717, 1.165) is 11.3 Å². The average Bonchev–Trinajstić information content (AvgIpc) is 2.68. The molecule has 2 aromatic rings. The summed E-state index contributed by atoms with van der Waals surface area (Å²) in [6, 6.07) is 12.3. The van der Waals surface area contributed by atoms with Gasteiger partial charge >= 0.3 is 5.97 Å². The predicted octanol–water partition coefficient (Wildman–Crippen LogP) is 2.74. The minimum atomic E-state index is -0.552. The maximum atomic E-state index is 12.3. The Kier molecular flexibility index (Phi) is 5.86. The van der Waals surface area contributed by atoms with Crippen molar-refractivity contribution in [2.24, 2.45) is 0 Å². The van der Waals surface area contributed by atoms with Gasteiger partial charge in [-0.1, -0.05) is 23.7 Å². The number of anilines is 2. The van der Waals surface area contributed by atoms with Crippen molar-refractivity contribution in [1.82, 2.24) is 4.90 Å². The zero-order valence-corrected chi connectivity index (χ0v) is 15.9. The number of carbonyl (C=O) groups excluding carboxylic acids is 2. The molecule has 1 fully saturated rings. The Hall–Kier alpha value is -2.73. The maximum Gasteiger partial charge on any atom is 0.338 e. The third kappa shape index (κ3) is 4.71. The molecule has 0 radical (unpaired) electrons. The lowest BCUT2D eigenvalue weighted by Crippen LogP contribution is -2.50. The molecule has 1 amide bonds. The van der Waals surface area contributed by atoms with E-state index in [1.165, 1.54) is 6.07 Å². The molecule has 0 bridgehead atoms. The number of piperazine rings is 1. The van der Waals surface area contributed by atoms with Gasteiger partial charge < -0.3 is 20.3 Å². The SMILES string of the molecule is Cc1ccc(Cl)cc1N1CCN(C(=O)COC(=O)c2cccc(N)c2)CC1. The van der Waals surface area contributed by atoms with E-state index in [-0.39, 0.29) is 12.5 Å². The number of nitrogens with zero attached hydrogens (tertiary/aromatic N) is 2. The summed E-state index contributed by atoms with van der Waals surface area (Å²) in [5.41, 5.74) is 8.70. The van der Waals surface area contributed by atoms with Crippen molar-refractivity contribution >= 4 is 34.9 Å². The van der Waals surface area contributed by atoms with Gasteiger partial charge in [-0.25, -0.2) is 4.79 Å². The number of esters is 1. The maximum absolute atomic E-state index is 12.3. The summed E-state index contributed by atoms with van der Waals surface area (Å²) in [6.07, 6.45) is 0. The smallest absolute Gasteiger partial charge is 0.338 e. The van der Waals surface area contributed by atoms with Crippen LogP contribution in [0.3, 0.4) is 0 Å². The number of hydrogen-bond acceptors (Lipinski definition) is 5. The van der Waals surface area contributed by atoms with E-state index >= 15 is 0 Å². The molecule has 2 aromatic carbocycles. The fraction of sp³-hybridized carbons (Fsp3) is 0.300. The predicted molar refractivity (Wildman–Crippen MR) is 106 cm³/mol. The number of hydrogen-bond donors (Lipinski definition) is 1. The van der Waals surface area contributed by atoms with E-state index in [2.05, 4.69) is 4.90 Å². The molecule has 3 rings (SSSR count).